The van der Waals surface area contributed by atoms with Gasteiger partial charge in [-0.1, -0.05) is 39.0 Å². The summed E-state index contributed by atoms with van der Waals surface area (Å²) in [5.41, 5.74) is -0.343. The Morgan fingerprint density at radius 2 is 1.89 bits per heavy atom. The minimum absolute atomic E-state index is 0.0573. The van der Waals surface area contributed by atoms with Crippen LogP contribution in [0.15, 0.2) is 36.4 Å². The number of carboxylic acids is 1. The SMILES string of the molecule is CC(C)(C)COC(=O)c1cccc(CC(=O)N2CCNc3nc(C(F)(F)F)ccc3[C@H]2CC(=O)O)c1. The molecule has 2 aromatic rings. The molecule has 36 heavy (non-hydrogen) atoms. The number of pyridine rings is 1. The minimum Gasteiger partial charge on any atom is -0.481 e. The molecule has 0 saturated carbocycles. The van der Waals surface area contributed by atoms with Gasteiger partial charge in [0.25, 0.3) is 0 Å². The van der Waals surface area contributed by atoms with E-state index in [0.29, 0.717) is 5.56 Å². The van der Waals surface area contributed by atoms with Crippen LogP contribution in [0.5, 0.6) is 0 Å². The van der Waals surface area contributed by atoms with Gasteiger partial charge in [0.15, 0.2) is 0 Å². The minimum atomic E-state index is -4.67. The molecule has 1 amide bonds. The lowest BCUT2D eigenvalue weighted by Crippen LogP contribution is -2.38. The van der Waals surface area contributed by atoms with Crippen LogP contribution in [-0.4, -0.2) is 52.5 Å². The molecule has 0 aliphatic carbocycles. The summed E-state index contributed by atoms with van der Waals surface area (Å²) < 4.78 is 44.7. The molecule has 0 bridgehead atoms. The fourth-order valence-corrected chi connectivity index (χ4v) is 3.79. The third kappa shape index (κ3) is 6.96. The summed E-state index contributed by atoms with van der Waals surface area (Å²) in [6.07, 6.45) is -5.31. The van der Waals surface area contributed by atoms with Crippen molar-refractivity contribution in [3.8, 4) is 0 Å². The first-order valence-electron chi connectivity index (χ1n) is 11.3. The van der Waals surface area contributed by atoms with Crippen LogP contribution in [0.2, 0.25) is 0 Å². The van der Waals surface area contributed by atoms with Crippen LogP contribution in [0, 0.1) is 5.41 Å². The van der Waals surface area contributed by atoms with Crippen molar-refractivity contribution in [2.24, 2.45) is 5.41 Å². The van der Waals surface area contributed by atoms with Crippen LogP contribution in [0.4, 0.5) is 19.0 Å². The van der Waals surface area contributed by atoms with Gasteiger partial charge in [-0.15, -0.1) is 0 Å². The predicted octanol–water partition coefficient (Wildman–Crippen LogP) is 4.32. The van der Waals surface area contributed by atoms with E-state index in [9.17, 15) is 32.7 Å². The molecule has 194 valence electrons. The molecule has 1 atom stereocenters. The Bertz CT molecular complexity index is 1140. The molecule has 0 spiro atoms. The first-order valence-corrected chi connectivity index (χ1v) is 11.3. The second kappa shape index (κ2) is 10.5. The van der Waals surface area contributed by atoms with Crippen molar-refractivity contribution in [3.05, 3.63) is 58.8 Å². The largest absolute Gasteiger partial charge is 0.481 e. The quantitative estimate of drug-likeness (QED) is 0.561. The van der Waals surface area contributed by atoms with Crippen molar-refractivity contribution < 1.29 is 37.4 Å². The van der Waals surface area contributed by atoms with Gasteiger partial charge in [0.2, 0.25) is 5.91 Å². The summed E-state index contributed by atoms with van der Waals surface area (Å²) in [5, 5.41) is 12.2. The first kappa shape index (κ1) is 27.0. The molecule has 11 heteroatoms. The molecule has 2 N–H and O–H groups in total. The van der Waals surface area contributed by atoms with Crippen LogP contribution >= 0.6 is 0 Å². The Morgan fingerprint density at radius 1 is 1.17 bits per heavy atom. The Labute approximate surface area is 206 Å². The lowest BCUT2D eigenvalue weighted by atomic mass is 9.98. The number of aromatic nitrogens is 1. The molecule has 3 rings (SSSR count). The molecule has 0 fully saturated rings. The monoisotopic (exact) mass is 507 g/mol. The van der Waals surface area contributed by atoms with Gasteiger partial charge >= 0.3 is 18.1 Å². The van der Waals surface area contributed by atoms with Crippen molar-refractivity contribution in [1.82, 2.24) is 9.88 Å². The van der Waals surface area contributed by atoms with Gasteiger partial charge in [0.1, 0.15) is 11.5 Å². The van der Waals surface area contributed by atoms with E-state index in [2.05, 4.69) is 10.3 Å². The van der Waals surface area contributed by atoms with Gasteiger partial charge in [-0.05, 0) is 29.2 Å². The highest BCUT2D eigenvalue weighted by molar-refractivity contribution is 5.90. The highest BCUT2D eigenvalue weighted by atomic mass is 19.4. The maximum absolute atomic E-state index is 13.3. The topological polar surface area (TPSA) is 109 Å². The molecule has 1 aliphatic rings. The maximum atomic E-state index is 13.3. The van der Waals surface area contributed by atoms with Gasteiger partial charge < -0.3 is 20.1 Å². The Morgan fingerprint density at radius 3 is 2.53 bits per heavy atom. The standard InChI is InChI=1S/C25H28F3N3O5/c1-24(2,3)14-36-23(35)16-6-4-5-15(11-16)12-20(32)31-10-9-29-22-17(18(31)13-21(33)34)7-8-19(30-22)25(26,27)28/h4-8,11,18H,9-10,12-14H2,1-3H3,(H,29,30)(H,33,34)/t18-/m1/s1. The van der Waals surface area contributed by atoms with Gasteiger partial charge in [-0.2, -0.15) is 13.2 Å². The number of hydrogen-bond acceptors (Lipinski definition) is 6. The van der Waals surface area contributed by atoms with Gasteiger partial charge in [-0.3, -0.25) is 9.59 Å². The molecule has 0 saturated heterocycles. The van der Waals surface area contributed by atoms with Gasteiger partial charge in [-0.25, -0.2) is 9.78 Å². The van der Waals surface area contributed by atoms with Crippen LogP contribution in [0.3, 0.4) is 0 Å². The molecule has 1 aliphatic heterocycles. The smallest absolute Gasteiger partial charge is 0.433 e. The number of fused-ring (bicyclic) bond motifs is 1. The normalized spacial score (nSPS) is 15.9. The number of aliphatic carboxylic acids is 1. The van der Waals surface area contributed by atoms with E-state index in [0.717, 1.165) is 12.1 Å². The number of nitrogens with one attached hydrogen (secondary N) is 1. The third-order valence-corrected chi connectivity index (χ3v) is 5.44. The number of carbonyl (C=O) groups is 3. The number of carboxylic acid groups (broad SMARTS) is 1. The molecule has 0 radical (unpaired) electrons. The van der Waals surface area contributed by atoms with E-state index in [1.165, 1.54) is 11.0 Å². The lowest BCUT2D eigenvalue weighted by molar-refractivity contribution is -0.142. The van der Waals surface area contributed by atoms with Gasteiger partial charge in [0.05, 0.1) is 31.1 Å². The second-order valence-electron chi connectivity index (χ2n) is 9.77. The number of ether oxygens (including phenoxy) is 1. The summed E-state index contributed by atoms with van der Waals surface area (Å²) in [6.45, 7) is 6.14. The summed E-state index contributed by atoms with van der Waals surface area (Å²) in [6, 6.07) is 7.30. The number of nitrogens with zero attached hydrogens (tertiary/aromatic N) is 2. The van der Waals surface area contributed by atoms with Crippen LogP contribution in [-0.2, 0) is 26.9 Å². The Hall–Kier alpha value is -3.63. The fourth-order valence-electron chi connectivity index (χ4n) is 3.79. The molecule has 8 nitrogen and oxygen atoms in total. The predicted molar refractivity (Wildman–Crippen MR) is 124 cm³/mol. The number of benzene rings is 1. The zero-order valence-electron chi connectivity index (χ0n) is 20.2. The molecular weight excluding hydrogens is 479 g/mol. The van der Waals surface area contributed by atoms with Crippen LogP contribution in [0.1, 0.15) is 60.4 Å². The van der Waals surface area contributed by atoms with E-state index in [1.807, 2.05) is 20.8 Å². The van der Waals surface area contributed by atoms with Crippen molar-refractivity contribution in [2.45, 2.75) is 45.8 Å². The highest BCUT2D eigenvalue weighted by Crippen LogP contribution is 2.36. The number of anilines is 1. The third-order valence-electron chi connectivity index (χ3n) is 5.44. The average molecular weight is 508 g/mol. The van der Waals surface area contributed by atoms with Crippen molar-refractivity contribution in [3.63, 3.8) is 0 Å². The zero-order valence-corrected chi connectivity index (χ0v) is 20.2. The molecular formula is C25H28F3N3O5. The van der Waals surface area contributed by atoms with E-state index in [-0.39, 0.29) is 48.5 Å². The number of carbonyl (C=O) groups excluding carboxylic acids is 2. The van der Waals surface area contributed by atoms with E-state index < -0.39 is 42.2 Å². The summed E-state index contributed by atoms with van der Waals surface area (Å²) in [5.74, 6) is -2.28. The van der Waals surface area contributed by atoms with Gasteiger partial charge in [0, 0.05) is 18.7 Å². The molecule has 1 aromatic heterocycles. The molecule has 1 aromatic carbocycles. The molecule has 0 unspecified atom stereocenters. The van der Waals surface area contributed by atoms with E-state index >= 15 is 0 Å². The van der Waals surface area contributed by atoms with E-state index in [4.69, 9.17) is 4.74 Å². The summed E-state index contributed by atoms with van der Waals surface area (Å²) >= 11 is 0. The Kier molecular flexibility index (Phi) is 7.90. The van der Waals surface area contributed by atoms with Crippen molar-refractivity contribution in [2.75, 3.05) is 25.0 Å². The van der Waals surface area contributed by atoms with E-state index in [1.54, 1.807) is 18.2 Å². The Balaban J connectivity index is 1.84. The zero-order chi connectivity index (χ0) is 26.7. The fraction of sp³-hybridized carbons (Fsp3) is 0.440. The number of alkyl halides is 3. The number of esters is 1. The summed E-state index contributed by atoms with van der Waals surface area (Å²) in [4.78, 5) is 42.2. The van der Waals surface area contributed by atoms with Crippen molar-refractivity contribution in [1.29, 1.82) is 0 Å². The number of amides is 1. The average Bonchev–Trinajstić information content (AvgIpc) is 2.95. The second-order valence-corrected chi connectivity index (χ2v) is 9.77. The van der Waals surface area contributed by atoms with Crippen molar-refractivity contribution >= 4 is 23.7 Å². The highest BCUT2D eigenvalue weighted by Gasteiger charge is 2.36. The lowest BCUT2D eigenvalue weighted by Gasteiger charge is -2.29. The van der Waals surface area contributed by atoms with Crippen LogP contribution in [0.25, 0.3) is 0 Å². The maximum Gasteiger partial charge on any atom is 0.433 e. The molecule has 2 heterocycles. The van der Waals surface area contributed by atoms with Crippen LogP contribution < -0.4 is 5.32 Å². The first-order chi connectivity index (χ1) is 16.7. The number of hydrogen-bond donors (Lipinski definition) is 2. The number of halogens is 3. The number of rotatable bonds is 6. The summed E-state index contributed by atoms with van der Waals surface area (Å²) in [7, 11) is 0.